The Kier molecular flexibility index (Phi) is 2.58. The van der Waals surface area contributed by atoms with Crippen molar-refractivity contribution in [2.45, 2.75) is 0 Å². The second kappa shape index (κ2) is 2.47. The van der Waals surface area contributed by atoms with E-state index >= 15 is 0 Å². The van der Waals surface area contributed by atoms with Crippen LogP contribution in [0.15, 0.2) is 0 Å². The molecule has 0 aromatic rings. The lowest BCUT2D eigenvalue weighted by Gasteiger charge is -1.99. The van der Waals surface area contributed by atoms with Crippen molar-refractivity contribution >= 4 is 12.6 Å². The summed E-state index contributed by atoms with van der Waals surface area (Å²) >= 11 is 3.69. The molecule has 0 spiro atoms. The zero-order valence-electron chi connectivity index (χ0n) is 2.76. The van der Waals surface area contributed by atoms with Gasteiger partial charge in [0.1, 0.15) is 0 Å². The number of thiol groups is 1. The molecule has 3 nitrogen and oxygen atoms in total. The van der Waals surface area contributed by atoms with E-state index in [0.717, 1.165) is 5.12 Å². The Morgan fingerprint density at radius 1 is 1.60 bits per heavy atom. The van der Waals surface area contributed by atoms with E-state index in [2.05, 4.69) is 12.6 Å². The van der Waals surface area contributed by atoms with Crippen LogP contribution in [0.3, 0.4) is 0 Å². The van der Waals surface area contributed by atoms with Crippen molar-refractivity contribution in [3.63, 3.8) is 0 Å². The maximum atomic E-state index is 4.83. The average molecular weight is 93.2 g/mol. The summed E-state index contributed by atoms with van der Waals surface area (Å²) in [6.07, 6.45) is 0. The molecule has 4 N–H and O–H groups in total. The maximum Gasteiger partial charge on any atom is 0.0709 e. The summed E-state index contributed by atoms with van der Waals surface area (Å²) in [6, 6.07) is 0. The summed E-state index contributed by atoms with van der Waals surface area (Å²) in [5.41, 5.74) is 0. The van der Waals surface area contributed by atoms with Crippen molar-refractivity contribution in [2.24, 2.45) is 11.7 Å². The monoisotopic (exact) mass is 93.0 g/mol. The minimum absolute atomic E-state index is 0.389. The van der Waals surface area contributed by atoms with Gasteiger partial charge in [-0.1, -0.05) is 0 Å². The van der Waals surface area contributed by atoms with E-state index in [1.54, 1.807) is 0 Å². The van der Waals surface area contributed by atoms with Crippen LogP contribution in [0.2, 0.25) is 0 Å². The molecule has 4 heteroatoms. The van der Waals surface area contributed by atoms with Crippen LogP contribution in [-0.2, 0) is 0 Å². The lowest BCUT2D eigenvalue weighted by Crippen LogP contribution is -2.36. The van der Waals surface area contributed by atoms with Crippen molar-refractivity contribution in [1.82, 2.24) is 5.12 Å². The smallest absolute Gasteiger partial charge is 0.0709 e. The van der Waals surface area contributed by atoms with E-state index in [-0.39, 0.29) is 0 Å². The topological polar surface area (TPSA) is 55.3 Å². The van der Waals surface area contributed by atoms with Crippen LogP contribution in [-0.4, -0.2) is 11.0 Å². The van der Waals surface area contributed by atoms with Gasteiger partial charge < -0.3 is 0 Å². The lowest BCUT2D eigenvalue weighted by atomic mass is 11.4. The van der Waals surface area contributed by atoms with Crippen molar-refractivity contribution in [2.75, 3.05) is 5.88 Å². The van der Waals surface area contributed by atoms with Crippen molar-refractivity contribution in [3.8, 4) is 0 Å². The molecule has 0 aliphatic carbocycles. The highest BCUT2D eigenvalue weighted by molar-refractivity contribution is 7.80. The van der Waals surface area contributed by atoms with Gasteiger partial charge in [0, 0.05) is 0 Å². The molecular weight excluding hydrogens is 86.1 g/mol. The highest BCUT2D eigenvalue weighted by Crippen LogP contribution is 1.64. The van der Waals surface area contributed by atoms with E-state index in [1.165, 1.54) is 0 Å². The van der Waals surface area contributed by atoms with E-state index < -0.39 is 0 Å². The first-order valence-corrected chi connectivity index (χ1v) is 1.78. The Labute approximate surface area is 36.3 Å². The zero-order chi connectivity index (χ0) is 4.28. The Morgan fingerprint density at radius 2 is 1.80 bits per heavy atom. The molecule has 0 atom stereocenters. The standard InChI is InChI=1S/CH7N3S/c2-4(3)1-5/h5H,1-3H2. The molecule has 5 heavy (non-hydrogen) atoms. The van der Waals surface area contributed by atoms with Crippen LogP contribution >= 0.6 is 12.6 Å². The second-order valence-corrected chi connectivity index (χ2v) is 0.938. The van der Waals surface area contributed by atoms with Gasteiger partial charge in [-0.2, -0.15) is 17.7 Å². The predicted octanol–water partition coefficient (Wildman–Crippen LogP) is -1.08. The van der Waals surface area contributed by atoms with Gasteiger partial charge in [0.2, 0.25) is 0 Å². The highest BCUT2D eigenvalue weighted by Gasteiger charge is 1.73. The minimum Gasteiger partial charge on any atom is -0.254 e. The molecule has 0 saturated carbocycles. The molecule has 0 saturated heterocycles. The van der Waals surface area contributed by atoms with Gasteiger partial charge in [-0.05, 0) is 0 Å². The van der Waals surface area contributed by atoms with Crippen LogP contribution in [0.25, 0.3) is 0 Å². The highest BCUT2D eigenvalue weighted by atomic mass is 32.1. The van der Waals surface area contributed by atoms with Gasteiger partial charge in [0.15, 0.2) is 0 Å². The molecule has 0 aliphatic heterocycles. The van der Waals surface area contributed by atoms with Gasteiger partial charge in [-0.25, -0.2) is 0 Å². The molecule has 0 fully saturated rings. The third kappa shape index (κ3) is 4.23. The van der Waals surface area contributed by atoms with Gasteiger partial charge in [0.05, 0.1) is 5.88 Å². The van der Waals surface area contributed by atoms with E-state index in [9.17, 15) is 0 Å². The fourth-order valence-electron chi connectivity index (χ4n) is 0. The molecule has 0 aliphatic rings. The Bertz CT molecular complexity index is 20.9. The summed E-state index contributed by atoms with van der Waals surface area (Å²) in [7, 11) is 0. The normalized spacial score (nSPS) is 9.60. The van der Waals surface area contributed by atoms with E-state index in [0.29, 0.717) is 5.88 Å². The van der Waals surface area contributed by atoms with Crippen LogP contribution < -0.4 is 11.7 Å². The van der Waals surface area contributed by atoms with Gasteiger partial charge >= 0.3 is 0 Å². The lowest BCUT2D eigenvalue weighted by molar-refractivity contribution is 0.352. The number of hydrogen-bond donors (Lipinski definition) is 3. The maximum absolute atomic E-state index is 4.83. The first-order chi connectivity index (χ1) is 2.27. The largest absolute Gasteiger partial charge is 0.254 e. The quantitative estimate of drug-likeness (QED) is 0.167. The van der Waals surface area contributed by atoms with Crippen LogP contribution in [0.4, 0.5) is 0 Å². The van der Waals surface area contributed by atoms with Gasteiger partial charge in [0.25, 0.3) is 0 Å². The minimum atomic E-state index is 0.389. The van der Waals surface area contributed by atoms with Crippen molar-refractivity contribution in [3.05, 3.63) is 0 Å². The van der Waals surface area contributed by atoms with Crippen molar-refractivity contribution < 1.29 is 0 Å². The molecule has 0 unspecified atom stereocenters. The fourth-order valence-corrected chi connectivity index (χ4v) is 0. The van der Waals surface area contributed by atoms with Crippen LogP contribution in [0, 0.1) is 0 Å². The summed E-state index contributed by atoms with van der Waals surface area (Å²) in [4.78, 5) is 0. The summed E-state index contributed by atoms with van der Waals surface area (Å²) in [5, 5.41) is 0.989. The van der Waals surface area contributed by atoms with Crippen LogP contribution in [0.1, 0.15) is 0 Å². The van der Waals surface area contributed by atoms with Gasteiger partial charge in [-0.3, -0.25) is 11.7 Å². The van der Waals surface area contributed by atoms with Gasteiger partial charge in [-0.15, -0.1) is 0 Å². The predicted molar refractivity (Wildman–Crippen MR) is 24.1 cm³/mol. The first kappa shape index (κ1) is 5.23. The fraction of sp³-hybridized carbons (Fsp3) is 1.00. The molecule has 0 bridgehead atoms. The number of nitrogens with zero attached hydrogens (tertiary/aromatic N) is 1. The average Bonchev–Trinajstić information content (AvgIpc) is 1.38. The third-order valence-electron chi connectivity index (χ3n) is 0.163. The SMILES string of the molecule is NN(N)CS. The Morgan fingerprint density at radius 3 is 1.80 bits per heavy atom. The Hall–Kier alpha value is 0.230. The Balaban J connectivity index is 2.54. The van der Waals surface area contributed by atoms with E-state index in [1.807, 2.05) is 0 Å². The number of rotatable bonds is 1. The second-order valence-electron chi connectivity index (χ2n) is 0.656. The molecule has 32 valence electrons. The summed E-state index contributed by atoms with van der Waals surface area (Å²) < 4.78 is 0. The number of hydrazine groups is 2. The number of nitrogens with two attached hydrogens (primary N) is 2. The molecule has 0 amide bonds. The third-order valence-corrected chi connectivity index (χ3v) is 0.490. The zero-order valence-corrected chi connectivity index (χ0v) is 3.65. The first-order valence-electron chi connectivity index (χ1n) is 1.15. The summed E-state index contributed by atoms with van der Waals surface area (Å²) in [5.74, 6) is 10.0. The number of hydrogen-bond acceptors (Lipinski definition) is 4. The van der Waals surface area contributed by atoms with E-state index in [4.69, 9.17) is 11.7 Å². The molecule has 0 rings (SSSR count). The molecular formula is CH7N3S. The van der Waals surface area contributed by atoms with Crippen molar-refractivity contribution in [1.29, 1.82) is 0 Å². The molecule has 0 aromatic carbocycles. The molecule has 0 radical (unpaired) electrons. The summed E-state index contributed by atoms with van der Waals surface area (Å²) in [6.45, 7) is 0. The molecule has 0 aromatic heterocycles. The molecule has 0 heterocycles. The van der Waals surface area contributed by atoms with Crippen LogP contribution in [0.5, 0.6) is 0 Å².